The molecule has 0 radical (unpaired) electrons. The van der Waals surface area contributed by atoms with E-state index in [9.17, 15) is 23.5 Å². The number of rotatable bonds is 11. The summed E-state index contributed by atoms with van der Waals surface area (Å²) in [4.78, 5) is 25.5. The van der Waals surface area contributed by atoms with Crippen LogP contribution in [0.25, 0.3) is 0 Å². The Bertz CT molecular complexity index is 792. The molecule has 176 valence electrons. The molecule has 7 heteroatoms. The molecule has 1 fully saturated rings. The average molecular weight is 450 g/mol. The number of carbonyl (C=O) groups excluding carboxylic acids is 2. The number of halogens is 2. The Labute approximate surface area is 188 Å². The van der Waals surface area contributed by atoms with Crippen molar-refractivity contribution >= 4 is 11.9 Å². The second-order valence-corrected chi connectivity index (χ2v) is 8.23. The van der Waals surface area contributed by atoms with Crippen LogP contribution in [0.15, 0.2) is 54.6 Å². The van der Waals surface area contributed by atoms with Gasteiger partial charge in [-0.25, -0.2) is 0 Å². The molecule has 2 unspecified atom stereocenters. The number of amides is 1. The number of benzene rings is 1. The van der Waals surface area contributed by atoms with Crippen LogP contribution in [0.4, 0.5) is 8.78 Å². The Balaban J connectivity index is 1.90. The topological polar surface area (TPSA) is 66.8 Å². The minimum absolute atomic E-state index is 0.0413. The predicted octanol–water partition coefficient (Wildman–Crippen LogP) is 4.75. The lowest BCUT2D eigenvalue weighted by Gasteiger charge is -2.33. The number of aliphatic hydroxyl groups excluding tert-OH is 1. The quantitative estimate of drug-likeness (QED) is 0.301. The first kappa shape index (κ1) is 25.7. The Hall–Kier alpha value is -2.54. The molecule has 1 aromatic carbocycles. The van der Waals surface area contributed by atoms with Crippen LogP contribution >= 0.6 is 0 Å². The lowest BCUT2D eigenvalue weighted by molar-refractivity contribution is -0.147. The minimum Gasteiger partial charge on any atom is -0.463 e. The van der Waals surface area contributed by atoms with Crippen LogP contribution in [-0.4, -0.2) is 46.7 Å². The molecule has 2 rings (SSSR count). The summed E-state index contributed by atoms with van der Waals surface area (Å²) in [5.41, 5.74) is -0.256. The van der Waals surface area contributed by atoms with Crippen LogP contribution in [0.1, 0.15) is 57.9 Å². The first-order valence-corrected chi connectivity index (χ1v) is 11.2. The predicted molar refractivity (Wildman–Crippen MR) is 119 cm³/mol. The van der Waals surface area contributed by atoms with E-state index in [0.717, 1.165) is 6.08 Å². The first-order valence-electron chi connectivity index (χ1n) is 11.2. The van der Waals surface area contributed by atoms with Gasteiger partial charge in [0.2, 0.25) is 5.91 Å². The zero-order chi connectivity index (χ0) is 23.6. The summed E-state index contributed by atoms with van der Waals surface area (Å²) in [6, 6.07) is 6.85. The first-order chi connectivity index (χ1) is 15.2. The number of allylic oxidation sites excluding steroid dienone is 1. The molecular weight excluding hydrogens is 416 g/mol. The normalized spacial score (nSPS) is 18.6. The summed E-state index contributed by atoms with van der Waals surface area (Å²) in [5, 5.41) is 10.1. The van der Waals surface area contributed by atoms with Gasteiger partial charge in [0, 0.05) is 24.9 Å². The van der Waals surface area contributed by atoms with Crippen LogP contribution in [0.2, 0.25) is 0 Å². The smallest absolute Gasteiger partial charge is 0.306 e. The number of hydrogen-bond donors (Lipinski definition) is 1. The SMILES string of the molecule is CC(C)OC(=O)CCC/C=C/CN1C(=O)CCCC1/C=C/C(O)C(F)(F)c1ccccc1. The van der Waals surface area contributed by atoms with Crippen molar-refractivity contribution in [2.75, 3.05) is 6.54 Å². The molecule has 0 spiro atoms. The molecule has 1 aliphatic heterocycles. The van der Waals surface area contributed by atoms with Crippen molar-refractivity contribution in [1.29, 1.82) is 0 Å². The molecule has 1 heterocycles. The number of aliphatic hydroxyl groups is 1. The lowest BCUT2D eigenvalue weighted by atomic mass is 9.98. The van der Waals surface area contributed by atoms with Gasteiger partial charge in [0.1, 0.15) is 6.10 Å². The van der Waals surface area contributed by atoms with Gasteiger partial charge in [0.05, 0.1) is 12.1 Å². The Morgan fingerprint density at radius 2 is 2.00 bits per heavy atom. The maximum absolute atomic E-state index is 14.5. The number of carbonyl (C=O) groups is 2. The fourth-order valence-electron chi connectivity index (χ4n) is 3.56. The van der Waals surface area contributed by atoms with Gasteiger partial charge in [-0.3, -0.25) is 9.59 Å². The fourth-order valence-corrected chi connectivity index (χ4v) is 3.56. The summed E-state index contributed by atoms with van der Waals surface area (Å²) < 4.78 is 34.1. The van der Waals surface area contributed by atoms with Gasteiger partial charge in [-0.15, -0.1) is 0 Å². The second kappa shape index (κ2) is 12.5. The number of nitrogens with zero attached hydrogens (tertiary/aromatic N) is 1. The van der Waals surface area contributed by atoms with E-state index in [0.29, 0.717) is 45.1 Å². The van der Waals surface area contributed by atoms with Crippen molar-refractivity contribution < 1.29 is 28.2 Å². The Morgan fingerprint density at radius 3 is 2.69 bits per heavy atom. The van der Waals surface area contributed by atoms with Crippen molar-refractivity contribution in [3.8, 4) is 0 Å². The molecule has 1 amide bonds. The van der Waals surface area contributed by atoms with Crippen molar-refractivity contribution in [2.24, 2.45) is 0 Å². The molecule has 5 nitrogen and oxygen atoms in total. The number of esters is 1. The fraction of sp³-hybridized carbons (Fsp3) is 0.520. The number of ether oxygens (including phenoxy) is 1. The monoisotopic (exact) mass is 449 g/mol. The lowest BCUT2D eigenvalue weighted by Crippen LogP contribution is -2.43. The van der Waals surface area contributed by atoms with Crippen molar-refractivity contribution in [3.63, 3.8) is 0 Å². The number of likely N-dealkylation sites (tertiary alicyclic amines) is 1. The number of unbranched alkanes of at least 4 members (excludes halogenated alkanes) is 1. The van der Waals surface area contributed by atoms with E-state index in [-0.39, 0.29) is 29.6 Å². The highest BCUT2D eigenvalue weighted by atomic mass is 19.3. The highest BCUT2D eigenvalue weighted by Gasteiger charge is 2.39. The minimum atomic E-state index is -3.42. The van der Waals surface area contributed by atoms with Gasteiger partial charge in [-0.1, -0.05) is 54.6 Å². The molecule has 1 saturated heterocycles. The highest BCUT2D eigenvalue weighted by molar-refractivity contribution is 5.77. The molecule has 1 N–H and O–H groups in total. The van der Waals surface area contributed by atoms with E-state index in [1.54, 1.807) is 24.8 Å². The van der Waals surface area contributed by atoms with Crippen LogP contribution in [0.3, 0.4) is 0 Å². The molecule has 1 aliphatic rings. The third-order valence-electron chi connectivity index (χ3n) is 5.24. The summed E-state index contributed by atoms with van der Waals surface area (Å²) in [6.45, 7) is 3.97. The number of piperidine rings is 1. The van der Waals surface area contributed by atoms with Gasteiger partial charge in [-0.05, 0) is 39.5 Å². The summed E-state index contributed by atoms with van der Waals surface area (Å²) in [5.74, 6) is -3.69. The molecule has 0 bridgehead atoms. The van der Waals surface area contributed by atoms with Crippen LogP contribution in [-0.2, 0) is 20.2 Å². The molecule has 0 aromatic heterocycles. The zero-order valence-corrected chi connectivity index (χ0v) is 18.8. The third-order valence-corrected chi connectivity index (χ3v) is 5.24. The van der Waals surface area contributed by atoms with Gasteiger partial charge < -0.3 is 14.7 Å². The maximum Gasteiger partial charge on any atom is 0.306 e. The Kier molecular flexibility index (Phi) is 10.0. The van der Waals surface area contributed by atoms with Gasteiger partial charge >= 0.3 is 11.9 Å². The van der Waals surface area contributed by atoms with Crippen LogP contribution in [0, 0.1) is 0 Å². The van der Waals surface area contributed by atoms with Crippen LogP contribution in [0.5, 0.6) is 0 Å². The molecule has 0 aliphatic carbocycles. The molecule has 1 aromatic rings. The van der Waals surface area contributed by atoms with Crippen LogP contribution < -0.4 is 0 Å². The third kappa shape index (κ3) is 7.86. The van der Waals surface area contributed by atoms with Crippen molar-refractivity contribution in [1.82, 2.24) is 4.90 Å². The van der Waals surface area contributed by atoms with E-state index in [2.05, 4.69) is 0 Å². The van der Waals surface area contributed by atoms with Crippen molar-refractivity contribution in [3.05, 3.63) is 60.2 Å². The molecule has 2 atom stereocenters. The number of alkyl halides is 2. The molecule has 0 saturated carbocycles. The van der Waals surface area contributed by atoms with Crippen molar-refractivity contribution in [2.45, 2.75) is 76.5 Å². The van der Waals surface area contributed by atoms with Gasteiger partial charge in [0.25, 0.3) is 0 Å². The van der Waals surface area contributed by atoms with Gasteiger partial charge in [0.15, 0.2) is 0 Å². The number of hydrogen-bond acceptors (Lipinski definition) is 4. The standard InChI is InChI=1S/C25H33F2NO4/c1-19(2)32-24(31)15-8-3-4-9-18-28-21(13-10-14-23(28)30)16-17-22(29)25(26,27)20-11-6-5-7-12-20/h4-7,9,11-12,16-17,19,21-22,29H,3,8,10,13-15,18H2,1-2H3/b9-4+,17-16+. The Morgan fingerprint density at radius 1 is 1.28 bits per heavy atom. The summed E-state index contributed by atoms with van der Waals surface area (Å²) >= 11 is 0. The largest absolute Gasteiger partial charge is 0.463 e. The van der Waals surface area contributed by atoms with E-state index in [1.807, 2.05) is 12.2 Å². The summed E-state index contributed by atoms with van der Waals surface area (Å²) in [6.07, 6.45) is 7.67. The van der Waals surface area contributed by atoms with E-state index in [4.69, 9.17) is 4.74 Å². The van der Waals surface area contributed by atoms with Gasteiger partial charge in [-0.2, -0.15) is 8.78 Å². The average Bonchev–Trinajstić information content (AvgIpc) is 2.75. The maximum atomic E-state index is 14.5. The molecular formula is C25H33F2NO4. The zero-order valence-electron chi connectivity index (χ0n) is 18.8. The highest BCUT2D eigenvalue weighted by Crippen LogP contribution is 2.32. The second-order valence-electron chi connectivity index (χ2n) is 8.23. The van der Waals surface area contributed by atoms with E-state index >= 15 is 0 Å². The molecule has 32 heavy (non-hydrogen) atoms. The van der Waals surface area contributed by atoms with E-state index < -0.39 is 12.0 Å². The summed E-state index contributed by atoms with van der Waals surface area (Å²) in [7, 11) is 0. The van der Waals surface area contributed by atoms with E-state index in [1.165, 1.54) is 30.3 Å².